The van der Waals surface area contributed by atoms with Crippen molar-refractivity contribution in [3.05, 3.63) is 103 Å². The van der Waals surface area contributed by atoms with Gasteiger partial charge < -0.3 is 19.2 Å². The molecule has 1 aliphatic heterocycles. The number of carboxylic acid groups (broad SMARTS) is 1. The van der Waals surface area contributed by atoms with E-state index in [4.69, 9.17) is 9.16 Å². The van der Waals surface area contributed by atoms with Crippen LogP contribution in [-0.4, -0.2) is 62.0 Å². The fourth-order valence-corrected chi connectivity index (χ4v) is 7.50. The van der Waals surface area contributed by atoms with E-state index in [0.717, 1.165) is 16.7 Å². The molecule has 0 saturated heterocycles. The highest BCUT2D eigenvalue weighted by molar-refractivity contribution is 7.92. The molecule has 3 heterocycles. The second kappa shape index (κ2) is 13.8. The summed E-state index contributed by atoms with van der Waals surface area (Å²) in [6.07, 6.45) is 4.50. The molecule has 12 heteroatoms. The Bertz CT molecular complexity index is 1780. The highest BCUT2D eigenvalue weighted by Gasteiger charge is 2.40. The molecule has 5 rings (SSSR count). The van der Waals surface area contributed by atoms with E-state index in [-0.39, 0.29) is 29.1 Å². The van der Waals surface area contributed by atoms with Crippen LogP contribution in [0.3, 0.4) is 0 Å². The van der Waals surface area contributed by atoms with Crippen molar-refractivity contribution >= 4 is 30.1 Å². The van der Waals surface area contributed by atoms with Gasteiger partial charge in [0.15, 0.2) is 8.32 Å². The normalized spacial score (nSPS) is 15.6. The molecule has 0 radical (unpaired) electrons. The Balaban J connectivity index is 1.26. The van der Waals surface area contributed by atoms with Crippen molar-refractivity contribution in [2.24, 2.45) is 0 Å². The standard InChI is InChI=1S/C35H42N4O6SSi/c1-35(2,3)47(4,5)45-33(27-10-9-19-36-21-27)24-39(34(40)41)23-29-16-13-26-20-25(14-18-32(26)44-29)31-17-15-28(22-37-31)38-46(42,43)30-11-7-6-8-12-30/h6-12,14-15,17-22,29,33,38H,13,16,23-24H2,1-5H3,(H,40,41)/t29-,33?/m1/s1. The summed E-state index contributed by atoms with van der Waals surface area (Å²) in [7, 11) is -5.94. The number of sulfonamides is 1. The molecule has 1 amide bonds. The zero-order valence-electron chi connectivity index (χ0n) is 27.4. The summed E-state index contributed by atoms with van der Waals surface area (Å²) in [4.78, 5) is 22.8. The Morgan fingerprint density at radius 1 is 1.09 bits per heavy atom. The summed E-state index contributed by atoms with van der Waals surface area (Å²) in [5, 5.41) is 10.2. The molecule has 1 unspecified atom stereocenters. The number of nitrogens with one attached hydrogen (secondary N) is 1. The third-order valence-electron chi connectivity index (χ3n) is 8.83. The molecule has 47 heavy (non-hydrogen) atoms. The van der Waals surface area contributed by atoms with Gasteiger partial charge in [-0.2, -0.15) is 0 Å². The van der Waals surface area contributed by atoms with Crippen LogP contribution in [0, 0.1) is 0 Å². The van der Waals surface area contributed by atoms with E-state index in [1.54, 1.807) is 42.7 Å². The third kappa shape index (κ3) is 8.37. The molecule has 0 bridgehead atoms. The predicted molar refractivity (Wildman–Crippen MR) is 185 cm³/mol. The number of aromatic nitrogens is 2. The highest BCUT2D eigenvalue weighted by Crippen LogP contribution is 2.40. The maximum Gasteiger partial charge on any atom is 0.407 e. The molecular formula is C35H42N4O6SSi. The number of ether oxygens (including phenoxy) is 1. The topological polar surface area (TPSA) is 131 Å². The quantitative estimate of drug-likeness (QED) is 0.158. The molecule has 1 aliphatic rings. The molecule has 4 aromatic rings. The van der Waals surface area contributed by atoms with Crippen molar-refractivity contribution < 1.29 is 27.5 Å². The molecule has 10 nitrogen and oxygen atoms in total. The molecule has 0 saturated carbocycles. The first-order valence-corrected chi connectivity index (χ1v) is 20.0. The Hall–Kier alpha value is -4.26. The van der Waals surface area contributed by atoms with Crippen LogP contribution in [0.15, 0.2) is 96.3 Å². The largest absolute Gasteiger partial charge is 0.488 e. The first-order chi connectivity index (χ1) is 22.2. The van der Waals surface area contributed by atoms with E-state index >= 15 is 0 Å². The van der Waals surface area contributed by atoms with E-state index in [1.807, 2.05) is 30.3 Å². The van der Waals surface area contributed by atoms with Crippen molar-refractivity contribution in [2.45, 2.75) is 68.8 Å². The van der Waals surface area contributed by atoms with Gasteiger partial charge in [-0.3, -0.25) is 14.7 Å². The van der Waals surface area contributed by atoms with Crippen LogP contribution in [0.5, 0.6) is 5.75 Å². The van der Waals surface area contributed by atoms with Gasteiger partial charge in [0.05, 0.1) is 41.7 Å². The smallest absolute Gasteiger partial charge is 0.407 e. The lowest BCUT2D eigenvalue weighted by atomic mass is 9.98. The highest BCUT2D eigenvalue weighted by atomic mass is 32.2. The van der Waals surface area contributed by atoms with E-state index in [0.29, 0.717) is 30.0 Å². The molecule has 248 valence electrons. The number of anilines is 1. The Labute approximate surface area is 278 Å². The van der Waals surface area contributed by atoms with E-state index in [2.05, 4.69) is 48.6 Å². The molecule has 2 aromatic carbocycles. The number of hydrogen-bond acceptors (Lipinski definition) is 7. The maximum atomic E-state index is 12.7. The van der Waals surface area contributed by atoms with Crippen LogP contribution < -0.4 is 9.46 Å². The zero-order chi connectivity index (χ0) is 33.8. The summed E-state index contributed by atoms with van der Waals surface area (Å²) < 4.78 is 40.9. The van der Waals surface area contributed by atoms with Gasteiger partial charge in [0.1, 0.15) is 11.9 Å². The van der Waals surface area contributed by atoms with Gasteiger partial charge in [0.2, 0.25) is 0 Å². The van der Waals surface area contributed by atoms with Gasteiger partial charge in [-0.1, -0.05) is 45.0 Å². The molecule has 2 aromatic heterocycles. The number of aryl methyl sites for hydroxylation is 1. The summed E-state index contributed by atoms with van der Waals surface area (Å²) in [6.45, 7) is 11.2. The molecule has 0 spiro atoms. The van der Waals surface area contributed by atoms with Gasteiger partial charge in [0, 0.05) is 18.0 Å². The number of pyridine rings is 2. The number of amides is 1. The summed E-state index contributed by atoms with van der Waals surface area (Å²) in [5.41, 5.74) is 3.78. The lowest BCUT2D eigenvalue weighted by Crippen LogP contribution is -2.46. The van der Waals surface area contributed by atoms with Gasteiger partial charge in [-0.15, -0.1) is 0 Å². The SMILES string of the molecule is CC(C)(C)[Si](C)(C)OC(CN(C[C@H]1CCc2cc(-c3ccc(NS(=O)(=O)c4ccccc4)cn3)ccc2O1)C(=O)O)c1cccnc1. The Morgan fingerprint density at radius 3 is 2.49 bits per heavy atom. The van der Waals surface area contributed by atoms with Crippen molar-refractivity contribution in [2.75, 3.05) is 17.8 Å². The average molecular weight is 675 g/mol. The van der Waals surface area contributed by atoms with Gasteiger partial charge in [0.25, 0.3) is 10.0 Å². The minimum absolute atomic E-state index is 0.0476. The minimum Gasteiger partial charge on any atom is -0.488 e. The second-order valence-corrected chi connectivity index (χ2v) is 19.7. The molecule has 0 aliphatic carbocycles. The fraction of sp³-hybridized carbons (Fsp3) is 0.343. The monoisotopic (exact) mass is 674 g/mol. The van der Waals surface area contributed by atoms with Crippen LogP contribution in [-0.2, 0) is 20.9 Å². The predicted octanol–water partition coefficient (Wildman–Crippen LogP) is 7.38. The Morgan fingerprint density at radius 2 is 1.85 bits per heavy atom. The van der Waals surface area contributed by atoms with Crippen LogP contribution in [0.2, 0.25) is 18.1 Å². The molecule has 2 atom stereocenters. The van der Waals surface area contributed by atoms with Gasteiger partial charge in [-0.25, -0.2) is 13.2 Å². The third-order valence-corrected chi connectivity index (χ3v) is 14.7. The summed E-state index contributed by atoms with van der Waals surface area (Å²) in [6, 6.07) is 21.2. The second-order valence-electron chi connectivity index (χ2n) is 13.3. The van der Waals surface area contributed by atoms with Crippen LogP contribution in [0.25, 0.3) is 11.3 Å². The minimum atomic E-state index is -3.71. The van der Waals surface area contributed by atoms with Gasteiger partial charge in [-0.05, 0) is 90.6 Å². The number of hydrogen-bond donors (Lipinski definition) is 2. The lowest BCUT2D eigenvalue weighted by molar-refractivity contribution is 0.0688. The van der Waals surface area contributed by atoms with Crippen molar-refractivity contribution in [1.82, 2.24) is 14.9 Å². The maximum absolute atomic E-state index is 12.7. The number of rotatable bonds is 11. The van der Waals surface area contributed by atoms with Crippen LogP contribution >= 0.6 is 0 Å². The summed E-state index contributed by atoms with van der Waals surface area (Å²) >= 11 is 0. The van der Waals surface area contributed by atoms with Crippen LogP contribution in [0.4, 0.5) is 10.5 Å². The Kier molecular flexibility index (Phi) is 10.0. The van der Waals surface area contributed by atoms with Crippen molar-refractivity contribution in [3.63, 3.8) is 0 Å². The van der Waals surface area contributed by atoms with Crippen LogP contribution in [0.1, 0.15) is 44.4 Å². The number of benzene rings is 2. The van der Waals surface area contributed by atoms with E-state index in [1.165, 1.54) is 23.2 Å². The fourth-order valence-electron chi connectivity index (χ4n) is 5.16. The summed E-state index contributed by atoms with van der Waals surface area (Å²) in [5.74, 6) is 0.712. The molecular weight excluding hydrogens is 633 g/mol. The average Bonchev–Trinajstić information content (AvgIpc) is 3.04. The molecule has 2 N–H and O–H groups in total. The first-order valence-electron chi connectivity index (χ1n) is 15.6. The number of fused-ring (bicyclic) bond motifs is 1. The first kappa shape index (κ1) is 34.1. The lowest BCUT2D eigenvalue weighted by Gasteiger charge is -2.40. The van der Waals surface area contributed by atoms with E-state index in [9.17, 15) is 18.3 Å². The van der Waals surface area contributed by atoms with Crippen molar-refractivity contribution in [1.29, 1.82) is 0 Å². The number of nitrogens with zero attached hydrogens (tertiary/aromatic N) is 3. The van der Waals surface area contributed by atoms with Gasteiger partial charge >= 0.3 is 6.09 Å². The molecule has 0 fully saturated rings. The number of carbonyl (C=O) groups is 1. The zero-order valence-corrected chi connectivity index (χ0v) is 29.2. The van der Waals surface area contributed by atoms with Crippen molar-refractivity contribution in [3.8, 4) is 17.0 Å². The van der Waals surface area contributed by atoms with E-state index < -0.39 is 30.5 Å².